The molecular formula is C32H28N2O3. The van der Waals surface area contributed by atoms with Crippen molar-refractivity contribution in [3.8, 4) is 11.1 Å². The minimum Gasteiger partial charge on any atom is -0.448 e. The Morgan fingerprint density at radius 3 is 2.49 bits per heavy atom. The van der Waals surface area contributed by atoms with Crippen molar-refractivity contribution in [3.05, 3.63) is 107 Å². The summed E-state index contributed by atoms with van der Waals surface area (Å²) in [5.41, 5.74) is 9.37. The topological polar surface area (TPSA) is 51.7 Å². The van der Waals surface area contributed by atoms with Crippen molar-refractivity contribution < 1.29 is 14.3 Å². The van der Waals surface area contributed by atoms with Crippen molar-refractivity contribution in [2.24, 2.45) is 0 Å². The molecule has 184 valence electrons. The summed E-state index contributed by atoms with van der Waals surface area (Å²) in [6.45, 7) is 3.35. The minimum absolute atomic E-state index is 0.0405. The van der Waals surface area contributed by atoms with Crippen molar-refractivity contribution in [1.29, 1.82) is 0 Å². The first-order chi connectivity index (χ1) is 18.2. The second kappa shape index (κ2) is 8.86. The predicted molar refractivity (Wildman–Crippen MR) is 144 cm³/mol. The highest BCUT2D eigenvalue weighted by Gasteiger charge is 2.40. The summed E-state index contributed by atoms with van der Waals surface area (Å²) in [7, 11) is 0. The third-order valence-electron chi connectivity index (χ3n) is 7.94. The molecule has 0 N–H and O–H groups in total. The van der Waals surface area contributed by atoms with Gasteiger partial charge in [-0.1, -0.05) is 66.7 Å². The number of morpholine rings is 1. The summed E-state index contributed by atoms with van der Waals surface area (Å²) >= 11 is 0. The van der Waals surface area contributed by atoms with Gasteiger partial charge >= 0.3 is 6.09 Å². The number of benzene rings is 3. The van der Waals surface area contributed by atoms with Crippen molar-refractivity contribution in [1.82, 2.24) is 9.88 Å². The number of aromatic nitrogens is 1. The van der Waals surface area contributed by atoms with Crippen LogP contribution >= 0.6 is 0 Å². The number of nitrogens with zero attached hydrogens (tertiary/aromatic N) is 2. The van der Waals surface area contributed by atoms with Gasteiger partial charge in [0, 0.05) is 17.0 Å². The van der Waals surface area contributed by atoms with E-state index in [0.29, 0.717) is 19.8 Å². The highest BCUT2D eigenvalue weighted by Crippen LogP contribution is 2.44. The molecule has 1 fully saturated rings. The molecule has 1 aliphatic carbocycles. The molecule has 5 nitrogen and oxygen atoms in total. The Kier molecular flexibility index (Phi) is 5.33. The molecule has 2 aliphatic heterocycles. The molecule has 4 aromatic rings. The van der Waals surface area contributed by atoms with Crippen molar-refractivity contribution in [3.63, 3.8) is 0 Å². The van der Waals surface area contributed by atoms with Crippen molar-refractivity contribution in [2.45, 2.75) is 31.3 Å². The molecule has 0 saturated carbocycles. The molecule has 37 heavy (non-hydrogen) atoms. The van der Waals surface area contributed by atoms with Crippen LogP contribution in [-0.2, 0) is 9.47 Å². The molecule has 5 heteroatoms. The second-order valence-corrected chi connectivity index (χ2v) is 10.2. The zero-order valence-corrected chi connectivity index (χ0v) is 20.8. The van der Waals surface area contributed by atoms with Crippen LogP contribution in [0.1, 0.15) is 34.7 Å². The van der Waals surface area contributed by atoms with Crippen molar-refractivity contribution >= 4 is 22.6 Å². The number of hydrogen-bond donors (Lipinski definition) is 0. The van der Waals surface area contributed by atoms with Gasteiger partial charge in [-0.25, -0.2) is 4.79 Å². The lowest BCUT2D eigenvalue weighted by atomic mass is 9.89. The second-order valence-electron chi connectivity index (χ2n) is 10.2. The quantitative estimate of drug-likeness (QED) is 0.337. The summed E-state index contributed by atoms with van der Waals surface area (Å²) in [6, 6.07) is 27.3. The first kappa shape index (κ1) is 22.3. The Morgan fingerprint density at radius 1 is 0.973 bits per heavy atom. The zero-order valence-electron chi connectivity index (χ0n) is 20.8. The molecule has 3 aromatic carbocycles. The number of aryl methyl sites for hydroxylation is 1. The average molecular weight is 489 g/mol. The van der Waals surface area contributed by atoms with E-state index in [1.165, 1.54) is 33.4 Å². The van der Waals surface area contributed by atoms with Gasteiger partial charge in [-0.05, 0) is 64.9 Å². The molecule has 3 heterocycles. The molecule has 1 aromatic heterocycles. The van der Waals surface area contributed by atoms with E-state index in [4.69, 9.17) is 9.47 Å². The van der Waals surface area contributed by atoms with E-state index in [1.807, 2.05) is 17.9 Å². The van der Waals surface area contributed by atoms with Crippen LogP contribution in [0.25, 0.3) is 27.6 Å². The SMILES string of the molecule is Cc1ccc2cc(C3=CC4COCC(C3)N4C(=O)OCC3c4ccccc4-c4ccccc43)ccc2n1. The van der Waals surface area contributed by atoms with E-state index >= 15 is 0 Å². The number of hydrogen-bond acceptors (Lipinski definition) is 4. The van der Waals surface area contributed by atoms with Gasteiger partial charge in [0.25, 0.3) is 0 Å². The maximum absolute atomic E-state index is 13.5. The number of amides is 1. The van der Waals surface area contributed by atoms with E-state index in [1.54, 1.807) is 0 Å². The number of fused-ring (bicyclic) bond motifs is 6. The van der Waals surface area contributed by atoms with E-state index < -0.39 is 0 Å². The fourth-order valence-corrected chi connectivity index (χ4v) is 6.19. The van der Waals surface area contributed by atoms with Crippen LogP contribution in [0.15, 0.2) is 84.9 Å². The summed E-state index contributed by atoms with van der Waals surface area (Å²) in [6.07, 6.45) is 2.67. The normalized spacial score (nSPS) is 20.4. The Hall–Kier alpha value is -3.96. The summed E-state index contributed by atoms with van der Waals surface area (Å²) in [4.78, 5) is 20.0. The fraction of sp³-hybridized carbons (Fsp3) is 0.250. The number of rotatable bonds is 3. The van der Waals surface area contributed by atoms with Crippen LogP contribution in [0.3, 0.4) is 0 Å². The van der Waals surface area contributed by atoms with Gasteiger partial charge in [-0.15, -0.1) is 0 Å². The smallest absolute Gasteiger partial charge is 0.410 e. The van der Waals surface area contributed by atoms with E-state index in [2.05, 4.69) is 83.9 Å². The largest absolute Gasteiger partial charge is 0.448 e. The van der Waals surface area contributed by atoms with Gasteiger partial charge in [0.05, 0.1) is 30.8 Å². The predicted octanol–water partition coefficient (Wildman–Crippen LogP) is 6.35. The van der Waals surface area contributed by atoms with E-state index in [9.17, 15) is 4.79 Å². The Morgan fingerprint density at radius 2 is 1.73 bits per heavy atom. The van der Waals surface area contributed by atoms with Crippen LogP contribution in [0.5, 0.6) is 0 Å². The summed E-state index contributed by atoms with van der Waals surface area (Å²) in [5.74, 6) is 0.0539. The Bertz CT molecular complexity index is 1510. The number of carbonyl (C=O) groups excluding carboxylic acids is 1. The minimum atomic E-state index is -0.256. The van der Waals surface area contributed by atoms with Crippen LogP contribution in [0.4, 0.5) is 4.79 Å². The molecule has 0 spiro atoms. The highest BCUT2D eigenvalue weighted by molar-refractivity contribution is 5.84. The van der Waals surface area contributed by atoms with Crippen molar-refractivity contribution in [2.75, 3.05) is 19.8 Å². The Labute approximate surface area is 216 Å². The molecule has 3 aliphatic rings. The van der Waals surface area contributed by atoms with E-state index in [-0.39, 0.29) is 24.1 Å². The maximum Gasteiger partial charge on any atom is 0.410 e. The van der Waals surface area contributed by atoms with E-state index in [0.717, 1.165) is 23.0 Å². The lowest BCUT2D eigenvalue weighted by Gasteiger charge is -2.44. The highest BCUT2D eigenvalue weighted by atomic mass is 16.6. The first-order valence-corrected chi connectivity index (χ1v) is 13.0. The monoisotopic (exact) mass is 488 g/mol. The number of carbonyl (C=O) groups is 1. The third-order valence-corrected chi connectivity index (χ3v) is 7.94. The van der Waals surface area contributed by atoms with Crippen LogP contribution < -0.4 is 0 Å². The molecule has 1 amide bonds. The van der Waals surface area contributed by atoms with Gasteiger partial charge in [0.2, 0.25) is 0 Å². The number of pyridine rings is 1. The zero-order chi connectivity index (χ0) is 24.9. The molecule has 1 saturated heterocycles. The molecular weight excluding hydrogens is 460 g/mol. The first-order valence-electron chi connectivity index (χ1n) is 13.0. The average Bonchev–Trinajstić information content (AvgIpc) is 3.24. The van der Waals surface area contributed by atoms with Gasteiger partial charge in [-0.3, -0.25) is 9.88 Å². The number of ether oxygens (including phenoxy) is 2. The fourth-order valence-electron chi connectivity index (χ4n) is 6.19. The molecule has 2 atom stereocenters. The lowest BCUT2D eigenvalue weighted by Crippen LogP contribution is -2.56. The summed E-state index contributed by atoms with van der Waals surface area (Å²) in [5, 5.41) is 1.13. The molecule has 0 radical (unpaired) electrons. The summed E-state index contributed by atoms with van der Waals surface area (Å²) < 4.78 is 11.9. The van der Waals surface area contributed by atoms with Crippen LogP contribution in [-0.4, -0.2) is 47.9 Å². The lowest BCUT2D eigenvalue weighted by molar-refractivity contribution is -0.0331. The molecule has 2 bridgehead atoms. The Balaban J connectivity index is 1.12. The third kappa shape index (κ3) is 3.82. The maximum atomic E-state index is 13.5. The molecule has 7 rings (SSSR count). The van der Waals surface area contributed by atoms with Gasteiger partial charge in [0.15, 0.2) is 0 Å². The van der Waals surface area contributed by atoms with Gasteiger partial charge in [0.1, 0.15) is 6.61 Å². The standard InChI is InChI=1S/C32H28N2O3/c1-20-10-11-22-14-21(12-13-31(22)33-20)23-15-24-17-36-18-25(16-23)34(24)32(35)37-19-30-28-8-4-2-6-26(28)27-7-3-5-9-29(27)30/h2-15,24-25,30H,16-19H2,1H3. The van der Waals surface area contributed by atoms with Crippen LogP contribution in [0, 0.1) is 6.92 Å². The van der Waals surface area contributed by atoms with Gasteiger partial charge in [-0.2, -0.15) is 0 Å². The molecule has 2 unspecified atom stereocenters. The van der Waals surface area contributed by atoms with Gasteiger partial charge < -0.3 is 9.47 Å². The van der Waals surface area contributed by atoms with Crippen LogP contribution in [0.2, 0.25) is 0 Å².